The summed E-state index contributed by atoms with van der Waals surface area (Å²) < 4.78 is 10.9. The normalized spacial score (nSPS) is 15.4. The number of ether oxygens (including phenoxy) is 2. The molecule has 0 aromatic heterocycles. The Balaban J connectivity index is 1.72. The molecule has 31 heavy (non-hydrogen) atoms. The third kappa shape index (κ3) is 3.15. The van der Waals surface area contributed by atoms with Crippen molar-refractivity contribution in [1.82, 2.24) is 0 Å². The minimum absolute atomic E-state index is 0.0505. The van der Waals surface area contributed by atoms with Gasteiger partial charge in [-0.1, -0.05) is 54.6 Å². The number of methoxy groups -OCH3 is 2. The van der Waals surface area contributed by atoms with Crippen molar-refractivity contribution in [3.63, 3.8) is 0 Å². The highest BCUT2D eigenvalue weighted by molar-refractivity contribution is 6.15. The molecule has 5 rings (SSSR count). The number of para-hydroxylation sites is 1. The molecule has 154 valence electrons. The Labute approximate surface area is 180 Å². The number of nitrogens with one attached hydrogen (secondary N) is 1. The minimum Gasteiger partial charge on any atom is -0.493 e. The van der Waals surface area contributed by atoms with E-state index >= 15 is 0 Å². The van der Waals surface area contributed by atoms with E-state index in [-0.39, 0.29) is 5.91 Å². The second kappa shape index (κ2) is 7.69. The minimum atomic E-state index is -0.409. The van der Waals surface area contributed by atoms with Gasteiger partial charge in [0.1, 0.15) is 6.17 Å². The number of hydrogen-bond acceptors (Lipinski definition) is 4. The molecule has 1 heterocycles. The van der Waals surface area contributed by atoms with Crippen molar-refractivity contribution in [3.8, 4) is 11.5 Å². The summed E-state index contributed by atoms with van der Waals surface area (Å²) in [6.45, 7) is 0. The molecule has 0 fully saturated rings. The molecule has 4 aromatic carbocycles. The summed E-state index contributed by atoms with van der Waals surface area (Å²) in [6, 6.07) is 27.5. The fourth-order valence-electron chi connectivity index (χ4n) is 4.18. The van der Waals surface area contributed by atoms with E-state index in [1.807, 2.05) is 77.7 Å². The predicted molar refractivity (Wildman–Crippen MR) is 123 cm³/mol. The average molecular weight is 410 g/mol. The molecule has 1 atom stereocenters. The first-order valence-corrected chi connectivity index (χ1v) is 10.1. The summed E-state index contributed by atoms with van der Waals surface area (Å²) in [5.74, 6) is 1.21. The summed E-state index contributed by atoms with van der Waals surface area (Å²) in [7, 11) is 3.22. The van der Waals surface area contributed by atoms with Crippen molar-refractivity contribution in [1.29, 1.82) is 0 Å². The van der Waals surface area contributed by atoms with Gasteiger partial charge in [0.15, 0.2) is 11.5 Å². The van der Waals surface area contributed by atoms with Crippen LogP contribution in [0.1, 0.15) is 22.1 Å². The highest BCUT2D eigenvalue weighted by Crippen LogP contribution is 2.41. The van der Waals surface area contributed by atoms with Crippen molar-refractivity contribution < 1.29 is 14.3 Å². The predicted octanol–water partition coefficient (Wildman–Crippen LogP) is 5.63. The summed E-state index contributed by atoms with van der Waals surface area (Å²) >= 11 is 0. The number of rotatable bonds is 4. The quantitative estimate of drug-likeness (QED) is 0.474. The van der Waals surface area contributed by atoms with Crippen LogP contribution in [0, 0.1) is 0 Å². The number of carbonyl (C=O) groups excluding carboxylic acids is 1. The number of fused-ring (bicyclic) bond motifs is 2. The van der Waals surface area contributed by atoms with E-state index in [0.29, 0.717) is 17.1 Å². The molecule has 0 radical (unpaired) electrons. The molecule has 1 aliphatic heterocycles. The van der Waals surface area contributed by atoms with E-state index in [4.69, 9.17) is 9.47 Å². The third-order valence-corrected chi connectivity index (χ3v) is 5.68. The lowest BCUT2D eigenvalue weighted by Gasteiger charge is -2.38. The van der Waals surface area contributed by atoms with Crippen LogP contribution < -0.4 is 19.7 Å². The van der Waals surface area contributed by atoms with Gasteiger partial charge in [-0.2, -0.15) is 0 Å². The standard InChI is InChI=1S/C26H22N2O3/c1-30-23-15-14-18(16-24(23)31-2)25-27-21-12-6-5-11-20(21)26(29)28(25)22-13-7-9-17-8-3-4-10-19(17)22/h3-16,25,27H,1-2H3. The molecule has 1 amide bonds. The Bertz CT molecular complexity index is 1280. The Hall–Kier alpha value is -3.99. The molecule has 5 nitrogen and oxygen atoms in total. The Kier molecular flexibility index (Phi) is 4.71. The molecule has 0 saturated carbocycles. The Morgan fingerprint density at radius 1 is 0.806 bits per heavy atom. The van der Waals surface area contributed by atoms with Gasteiger partial charge in [0.2, 0.25) is 0 Å². The topological polar surface area (TPSA) is 50.8 Å². The van der Waals surface area contributed by atoms with Gasteiger partial charge in [-0.25, -0.2) is 0 Å². The van der Waals surface area contributed by atoms with Gasteiger partial charge >= 0.3 is 0 Å². The Morgan fingerprint density at radius 2 is 1.55 bits per heavy atom. The molecule has 0 bridgehead atoms. The van der Waals surface area contributed by atoms with Crippen molar-refractivity contribution in [2.24, 2.45) is 0 Å². The van der Waals surface area contributed by atoms with Crippen molar-refractivity contribution in [3.05, 3.63) is 96.1 Å². The first kappa shape index (κ1) is 19.0. The fourth-order valence-corrected chi connectivity index (χ4v) is 4.18. The number of anilines is 2. The maximum atomic E-state index is 13.8. The first-order chi connectivity index (χ1) is 15.2. The summed E-state index contributed by atoms with van der Waals surface area (Å²) in [5, 5.41) is 5.65. The molecular weight excluding hydrogens is 388 g/mol. The van der Waals surface area contributed by atoms with Crippen molar-refractivity contribution in [2.45, 2.75) is 6.17 Å². The van der Waals surface area contributed by atoms with E-state index < -0.39 is 6.17 Å². The van der Waals surface area contributed by atoms with Gasteiger partial charge in [-0.3, -0.25) is 9.69 Å². The molecule has 1 N–H and O–H groups in total. The number of hydrogen-bond donors (Lipinski definition) is 1. The van der Waals surface area contributed by atoms with Crippen molar-refractivity contribution in [2.75, 3.05) is 24.4 Å². The lowest BCUT2D eigenvalue weighted by molar-refractivity contribution is 0.0975. The van der Waals surface area contributed by atoms with Gasteiger partial charge in [0.05, 0.1) is 25.5 Å². The second-order valence-electron chi connectivity index (χ2n) is 7.38. The lowest BCUT2D eigenvalue weighted by Crippen LogP contribution is -2.43. The van der Waals surface area contributed by atoms with Gasteiger partial charge in [-0.05, 0) is 41.3 Å². The molecular formula is C26H22N2O3. The van der Waals surface area contributed by atoms with Crippen LogP contribution in [0.25, 0.3) is 10.8 Å². The zero-order chi connectivity index (χ0) is 21.4. The largest absolute Gasteiger partial charge is 0.493 e. The number of nitrogens with zero attached hydrogens (tertiary/aromatic N) is 1. The average Bonchev–Trinajstić information content (AvgIpc) is 2.83. The van der Waals surface area contributed by atoms with E-state index in [1.165, 1.54) is 0 Å². The van der Waals surface area contributed by atoms with Gasteiger partial charge < -0.3 is 14.8 Å². The number of carbonyl (C=O) groups is 1. The number of amides is 1. The summed E-state index contributed by atoms with van der Waals surface area (Å²) in [6.07, 6.45) is -0.409. The van der Waals surface area contributed by atoms with Crippen molar-refractivity contribution >= 4 is 28.1 Å². The van der Waals surface area contributed by atoms with Crippen LogP contribution in [0.2, 0.25) is 0 Å². The molecule has 1 aliphatic rings. The number of benzene rings is 4. The third-order valence-electron chi connectivity index (χ3n) is 5.68. The lowest BCUT2D eigenvalue weighted by atomic mass is 10.00. The van der Waals surface area contributed by atoms with Crippen LogP contribution in [0.4, 0.5) is 11.4 Å². The summed E-state index contributed by atoms with van der Waals surface area (Å²) in [5.41, 5.74) is 3.20. The van der Waals surface area contributed by atoms with E-state index in [9.17, 15) is 4.79 Å². The van der Waals surface area contributed by atoms with E-state index in [0.717, 1.165) is 27.7 Å². The maximum Gasteiger partial charge on any atom is 0.262 e. The highest BCUT2D eigenvalue weighted by atomic mass is 16.5. The smallest absolute Gasteiger partial charge is 0.262 e. The molecule has 0 aliphatic carbocycles. The van der Waals surface area contributed by atoms with Crippen LogP contribution in [0.5, 0.6) is 11.5 Å². The van der Waals surface area contributed by atoms with Crippen LogP contribution >= 0.6 is 0 Å². The summed E-state index contributed by atoms with van der Waals surface area (Å²) in [4.78, 5) is 15.6. The van der Waals surface area contributed by atoms with Crippen LogP contribution in [0.3, 0.4) is 0 Å². The SMILES string of the molecule is COc1ccc(C2Nc3ccccc3C(=O)N2c2cccc3ccccc23)cc1OC. The zero-order valence-electron chi connectivity index (χ0n) is 17.3. The molecule has 5 heteroatoms. The highest BCUT2D eigenvalue weighted by Gasteiger charge is 2.35. The Morgan fingerprint density at radius 3 is 2.39 bits per heavy atom. The van der Waals surface area contributed by atoms with Crippen LogP contribution in [-0.2, 0) is 0 Å². The van der Waals surface area contributed by atoms with E-state index in [1.54, 1.807) is 14.2 Å². The monoisotopic (exact) mass is 410 g/mol. The van der Waals surface area contributed by atoms with Gasteiger partial charge in [0, 0.05) is 11.1 Å². The fraction of sp³-hybridized carbons (Fsp3) is 0.115. The van der Waals surface area contributed by atoms with Gasteiger partial charge in [-0.15, -0.1) is 0 Å². The van der Waals surface area contributed by atoms with Crippen LogP contribution in [-0.4, -0.2) is 20.1 Å². The van der Waals surface area contributed by atoms with Gasteiger partial charge in [0.25, 0.3) is 5.91 Å². The van der Waals surface area contributed by atoms with Crippen LogP contribution in [0.15, 0.2) is 84.9 Å². The molecule has 0 saturated heterocycles. The second-order valence-corrected chi connectivity index (χ2v) is 7.38. The maximum absolute atomic E-state index is 13.8. The van der Waals surface area contributed by atoms with E-state index in [2.05, 4.69) is 17.4 Å². The molecule has 1 unspecified atom stereocenters. The molecule has 4 aromatic rings. The zero-order valence-corrected chi connectivity index (χ0v) is 17.3. The first-order valence-electron chi connectivity index (χ1n) is 10.1. The molecule has 0 spiro atoms.